The maximum atomic E-state index is 13.8. The SMILES string of the molecule is CN1CCC(N(C)c2cccc(NC(=O)c3c(F)cc(F)cc3F)c2)CC1.Cl.Cl. The van der Waals surface area contributed by atoms with Crippen molar-refractivity contribution < 1.29 is 18.0 Å². The van der Waals surface area contributed by atoms with Gasteiger partial charge in [0.2, 0.25) is 0 Å². The Kier molecular flexibility index (Phi) is 9.26. The van der Waals surface area contributed by atoms with Crippen molar-refractivity contribution in [1.82, 2.24) is 4.90 Å². The molecule has 9 heteroatoms. The number of carbonyl (C=O) groups excluding carboxylic acids is 1. The monoisotopic (exact) mass is 449 g/mol. The Morgan fingerprint density at radius 3 is 2.24 bits per heavy atom. The van der Waals surface area contributed by atoms with Gasteiger partial charge in [0.15, 0.2) is 0 Å². The summed E-state index contributed by atoms with van der Waals surface area (Å²) in [6, 6.07) is 8.46. The van der Waals surface area contributed by atoms with Crippen molar-refractivity contribution in [2.45, 2.75) is 18.9 Å². The van der Waals surface area contributed by atoms with Crippen molar-refractivity contribution in [2.24, 2.45) is 0 Å². The molecule has 0 spiro atoms. The first-order valence-corrected chi connectivity index (χ1v) is 8.82. The smallest absolute Gasteiger partial charge is 0.261 e. The molecular formula is C20H24Cl2F3N3O. The summed E-state index contributed by atoms with van der Waals surface area (Å²) in [5.41, 5.74) is 0.522. The molecule has 1 N–H and O–H groups in total. The number of hydrogen-bond donors (Lipinski definition) is 1. The molecule has 0 aliphatic carbocycles. The van der Waals surface area contributed by atoms with Crippen LogP contribution in [0.25, 0.3) is 0 Å². The summed E-state index contributed by atoms with van der Waals surface area (Å²) < 4.78 is 40.6. The minimum absolute atomic E-state index is 0. The number of amides is 1. The van der Waals surface area contributed by atoms with E-state index in [1.807, 2.05) is 13.1 Å². The van der Waals surface area contributed by atoms with E-state index >= 15 is 0 Å². The van der Waals surface area contributed by atoms with Crippen molar-refractivity contribution in [3.63, 3.8) is 0 Å². The van der Waals surface area contributed by atoms with Gasteiger partial charge in [0.1, 0.15) is 23.0 Å². The molecular weight excluding hydrogens is 426 g/mol. The zero-order valence-electron chi connectivity index (χ0n) is 16.1. The van der Waals surface area contributed by atoms with Crippen molar-refractivity contribution in [3.8, 4) is 0 Å². The highest BCUT2D eigenvalue weighted by Gasteiger charge is 2.22. The van der Waals surface area contributed by atoms with E-state index in [1.165, 1.54) is 0 Å². The molecule has 0 bridgehead atoms. The summed E-state index contributed by atoms with van der Waals surface area (Å²) in [6.07, 6.45) is 2.07. The minimum Gasteiger partial charge on any atom is -0.371 e. The van der Waals surface area contributed by atoms with Crippen molar-refractivity contribution in [2.75, 3.05) is 37.4 Å². The number of piperidine rings is 1. The predicted octanol–water partition coefficient (Wildman–Crippen LogP) is 4.73. The maximum Gasteiger partial charge on any atom is 0.261 e. The molecule has 0 atom stereocenters. The van der Waals surface area contributed by atoms with E-state index in [0.717, 1.165) is 31.6 Å². The van der Waals surface area contributed by atoms with Crippen molar-refractivity contribution >= 4 is 42.1 Å². The van der Waals surface area contributed by atoms with Crippen LogP contribution in [0.4, 0.5) is 24.5 Å². The van der Waals surface area contributed by atoms with Crippen LogP contribution in [0.3, 0.4) is 0 Å². The molecule has 0 saturated carbocycles. The Bertz CT molecular complexity index is 822. The summed E-state index contributed by atoms with van der Waals surface area (Å²) >= 11 is 0. The van der Waals surface area contributed by atoms with Crippen LogP contribution in [-0.2, 0) is 0 Å². The van der Waals surface area contributed by atoms with Gasteiger partial charge >= 0.3 is 0 Å². The van der Waals surface area contributed by atoms with Crippen LogP contribution in [0, 0.1) is 17.5 Å². The Morgan fingerprint density at radius 2 is 1.66 bits per heavy atom. The molecule has 0 unspecified atom stereocenters. The van der Waals surface area contributed by atoms with Gasteiger partial charge in [0, 0.05) is 36.6 Å². The largest absolute Gasteiger partial charge is 0.371 e. The predicted molar refractivity (Wildman–Crippen MR) is 114 cm³/mol. The third-order valence-electron chi connectivity index (χ3n) is 4.98. The Labute approximate surface area is 180 Å². The van der Waals surface area contributed by atoms with E-state index in [0.29, 0.717) is 23.9 Å². The first-order chi connectivity index (χ1) is 12.8. The van der Waals surface area contributed by atoms with E-state index < -0.39 is 28.9 Å². The summed E-state index contributed by atoms with van der Waals surface area (Å²) in [5, 5.41) is 2.49. The normalized spacial score (nSPS) is 14.5. The number of nitrogens with zero attached hydrogens (tertiary/aromatic N) is 2. The summed E-state index contributed by atoms with van der Waals surface area (Å²) in [7, 11) is 4.09. The molecule has 1 heterocycles. The fourth-order valence-electron chi connectivity index (χ4n) is 3.35. The lowest BCUT2D eigenvalue weighted by Crippen LogP contribution is -2.42. The molecule has 4 nitrogen and oxygen atoms in total. The first kappa shape index (κ1) is 25.1. The molecule has 0 aromatic heterocycles. The number of carbonyl (C=O) groups is 1. The van der Waals surface area contributed by atoms with Crippen molar-refractivity contribution in [1.29, 1.82) is 0 Å². The summed E-state index contributed by atoms with van der Waals surface area (Å²) in [4.78, 5) is 16.7. The standard InChI is InChI=1S/C20H22F3N3O.2ClH/c1-25-8-6-15(7-9-25)26(2)16-5-3-4-14(12-16)24-20(27)19-17(22)10-13(21)11-18(19)23;;/h3-5,10-12,15H,6-9H2,1-2H3,(H,24,27);2*1H. The van der Waals surface area contributed by atoms with Crippen molar-refractivity contribution in [3.05, 3.63) is 59.4 Å². The van der Waals surface area contributed by atoms with Crippen LogP contribution in [-0.4, -0.2) is 44.0 Å². The average molecular weight is 450 g/mol. The molecule has 2 aromatic carbocycles. The second-order valence-corrected chi connectivity index (χ2v) is 6.89. The lowest BCUT2D eigenvalue weighted by Gasteiger charge is -2.36. The molecule has 1 saturated heterocycles. The quantitative estimate of drug-likeness (QED) is 0.732. The van der Waals surface area contributed by atoms with Gasteiger partial charge in [-0.3, -0.25) is 4.79 Å². The van der Waals surface area contributed by atoms with Gasteiger partial charge in [0.05, 0.1) is 0 Å². The molecule has 1 aliphatic heterocycles. The van der Waals surface area contributed by atoms with Gasteiger partial charge in [-0.1, -0.05) is 6.07 Å². The zero-order chi connectivity index (χ0) is 19.6. The Balaban J connectivity index is 0.00000210. The molecule has 160 valence electrons. The molecule has 0 radical (unpaired) electrons. The Hall–Kier alpha value is -1.96. The summed E-state index contributed by atoms with van der Waals surface area (Å²) in [5.74, 6) is -4.48. The number of likely N-dealkylation sites (tertiary alicyclic amines) is 1. The van der Waals surface area contributed by atoms with E-state index in [-0.39, 0.29) is 24.8 Å². The van der Waals surface area contributed by atoms with Crippen LogP contribution < -0.4 is 10.2 Å². The van der Waals surface area contributed by atoms with Crippen LogP contribution in [0.5, 0.6) is 0 Å². The van der Waals surface area contributed by atoms with Gasteiger partial charge in [-0.05, 0) is 51.2 Å². The highest BCUT2D eigenvalue weighted by molar-refractivity contribution is 6.04. The topological polar surface area (TPSA) is 35.6 Å². The second-order valence-electron chi connectivity index (χ2n) is 6.89. The van der Waals surface area contributed by atoms with Gasteiger partial charge in [-0.2, -0.15) is 0 Å². The molecule has 29 heavy (non-hydrogen) atoms. The number of benzene rings is 2. The lowest BCUT2D eigenvalue weighted by atomic mass is 10.0. The molecule has 1 aliphatic rings. The molecule has 2 aromatic rings. The highest BCUT2D eigenvalue weighted by Crippen LogP contribution is 2.25. The number of hydrogen-bond acceptors (Lipinski definition) is 3. The highest BCUT2D eigenvalue weighted by atomic mass is 35.5. The minimum atomic E-state index is -1.23. The average Bonchev–Trinajstić information content (AvgIpc) is 2.61. The number of rotatable bonds is 4. The second kappa shape index (κ2) is 10.7. The third kappa shape index (κ3) is 6.01. The number of nitrogens with one attached hydrogen (secondary N) is 1. The Morgan fingerprint density at radius 1 is 1.07 bits per heavy atom. The van der Waals surface area contributed by atoms with Crippen LogP contribution in [0.1, 0.15) is 23.2 Å². The van der Waals surface area contributed by atoms with Gasteiger partial charge in [0.25, 0.3) is 5.91 Å². The molecule has 1 fully saturated rings. The van der Waals surface area contributed by atoms with Crippen LogP contribution in [0.2, 0.25) is 0 Å². The summed E-state index contributed by atoms with van der Waals surface area (Å²) in [6.45, 7) is 2.04. The van der Waals surface area contributed by atoms with Gasteiger partial charge < -0.3 is 15.1 Å². The number of anilines is 2. The van der Waals surface area contributed by atoms with Gasteiger partial charge in [-0.25, -0.2) is 13.2 Å². The first-order valence-electron chi connectivity index (χ1n) is 8.82. The maximum absolute atomic E-state index is 13.8. The zero-order valence-corrected chi connectivity index (χ0v) is 17.8. The molecule has 1 amide bonds. The lowest BCUT2D eigenvalue weighted by molar-refractivity contribution is 0.101. The fourth-order valence-corrected chi connectivity index (χ4v) is 3.35. The van der Waals surface area contributed by atoms with E-state index in [1.54, 1.807) is 18.2 Å². The fraction of sp³-hybridized carbons (Fsp3) is 0.350. The molecule has 3 rings (SSSR count). The van der Waals surface area contributed by atoms with Crippen LogP contribution in [0.15, 0.2) is 36.4 Å². The van der Waals surface area contributed by atoms with Crippen LogP contribution >= 0.6 is 24.8 Å². The number of halogens is 5. The third-order valence-corrected chi connectivity index (χ3v) is 4.98. The van der Waals surface area contributed by atoms with E-state index in [2.05, 4.69) is 22.2 Å². The van der Waals surface area contributed by atoms with E-state index in [4.69, 9.17) is 0 Å². The van der Waals surface area contributed by atoms with Gasteiger partial charge in [-0.15, -0.1) is 24.8 Å². The van der Waals surface area contributed by atoms with E-state index in [9.17, 15) is 18.0 Å².